The highest BCUT2D eigenvalue weighted by atomic mass is 32.1. The van der Waals surface area contributed by atoms with Crippen LogP contribution in [-0.2, 0) is 6.18 Å². The number of benzene rings is 1. The standard InChI is InChI=1S/C14H17F3N2S/c1-13(2)5-6-19(8-13)11-4-3-9(14(15,16)17)7-10(11)12(18)20/h3-4,7H,5-6,8H2,1-2H3,(H2,18,20). The largest absolute Gasteiger partial charge is 0.416 e. The molecule has 1 saturated heterocycles. The second-order valence-corrected chi connectivity index (χ2v) is 6.37. The Hall–Kier alpha value is -1.30. The van der Waals surface area contributed by atoms with Gasteiger partial charge in [-0.15, -0.1) is 0 Å². The Morgan fingerprint density at radius 2 is 2.00 bits per heavy atom. The summed E-state index contributed by atoms with van der Waals surface area (Å²) in [5, 5.41) is 0. The summed E-state index contributed by atoms with van der Waals surface area (Å²) < 4.78 is 38.3. The first-order chi connectivity index (χ1) is 9.10. The molecule has 0 saturated carbocycles. The third-order valence-corrected chi connectivity index (χ3v) is 3.83. The number of alkyl halides is 3. The van der Waals surface area contributed by atoms with Crippen molar-refractivity contribution in [2.45, 2.75) is 26.4 Å². The van der Waals surface area contributed by atoms with Crippen molar-refractivity contribution in [2.75, 3.05) is 18.0 Å². The van der Waals surface area contributed by atoms with Gasteiger partial charge < -0.3 is 10.6 Å². The molecule has 2 rings (SSSR count). The van der Waals surface area contributed by atoms with Crippen molar-refractivity contribution < 1.29 is 13.2 Å². The lowest BCUT2D eigenvalue weighted by molar-refractivity contribution is -0.137. The molecule has 0 radical (unpaired) electrons. The lowest BCUT2D eigenvalue weighted by Crippen LogP contribution is -2.26. The van der Waals surface area contributed by atoms with Crippen molar-refractivity contribution in [3.05, 3.63) is 29.3 Å². The minimum absolute atomic E-state index is 0.00388. The van der Waals surface area contributed by atoms with E-state index in [0.29, 0.717) is 11.3 Å². The fraction of sp³-hybridized carbons (Fsp3) is 0.500. The van der Waals surface area contributed by atoms with Crippen molar-refractivity contribution in [2.24, 2.45) is 11.1 Å². The van der Waals surface area contributed by atoms with Gasteiger partial charge in [-0.05, 0) is 30.0 Å². The van der Waals surface area contributed by atoms with Gasteiger partial charge in [0.25, 0.3) is 0 Å². The molecule has 1 aromatic rings. The van der Waals surface area contributed by atoms with Crippen molar-refractivity contribution in [3.63, 3.8) is 0 Å². The number of hydrogen-bond acceptors (Lipinski definition) is 2. The third kappa shape index (κ3) is 3.06. The molecule has 1 heterocycles. The summed E-state index contributed by atoms with van der Waals surface area (Å²) in [4.78, 5) is 2.05. The van der Waals surface area contributed by atoms with Crippen LogP contribution in [0.4, 0.5) is 18.9 Å². The Morgan fingerprint density at radius 1 is 1.35 bits per heavy atom. The number of nitrogens with zero attached hydrogens (tertiary/aromatic N) is 1. The minimum Gasteiger partial charge on any atom is -0.389 e. The highest BCUT2D eigenvalue weighted by Gasteiger charge is 2.34. The zero-order chi connectivity index (χ0) is 15.1. The lowest BCUT2D eigenvalue weighted by atomic mass is 9.93. The van der Waals surface area contributed by atoms with Crippen LogP contribution in [0.15, 0.2) is 18.2 Å². The van der Waals surface area contributed by atoms with Gasteiger partial charge in [0.15, 0.2) is 0 Å². The fourth-order valence-corrected chi connectivity index (χ4v) is 2.67. The summed E-state index contributed by atoms with van der Waals surface area (Å²) in [6, 6.07) is 3.60. The predicted octanol–water partition coefficient (Wildman–Crippen LogP) is 3.58. The molecule has 20 heavy (non-hydrogen) atoms. The van der Waals surface area contributed by atoms with Gasteiger partial charge >= 0.3 is 6.18 Å². The summed E-state index contributed by atoms with van der Waals surface area (Å²) in [6.07, 6.45) is -3.40. The monoisotopic (exact) mass is 302 g/mol. The summed E-state index contributed by atoms with van der Waals surface area (Å²) >= 11 is 4.91. The molecular formula is C14H17F3N2S. The Bertz CT molecular complexity index is 538. The first-order valence-electron chi connectivity index (χ1n) is 6.36. The maximum absolute atomic E-state index is 12.8. The molecule has 0 aliphatic carbocycles. The molecule has 1 aliphatic rings. The van der Waals surface area contributed by atoms with Crippen LogP contribution in [0.1, 0.15) is 31.4 Å². The topological polar surface area (TPSA) is 29.3 Å². The number of halogens is 3. The van der Waals surface area contributed by atoms with Crippen LogP contribution in [0.5, 0.6) is 0 Å². The number of thiocarbonyl (C=S) groups is 1. The summed E-state index contributed by atoms with van der Waals surface area (Å²) in [5.74, 6) is 0. The number of anilines is 1. The van der Waals surface area contributed by atoms with Gasteiger partial charge in [0.2, 0.25) is 0 Å². The van der Waals surface area contributed by atoms with Crippen molar-refractivity contribution >= 4 is 22.9 Å². The molecule has 1 fully saturated rings. The minimum atomic E-state index is -4.39. The summed E-state index contributed by atoms with van der Waals surface area (Å²) in [6.45, 7) is 5.86. The van der Waals surface area contributed by atoms with Gasteiger partial charge in [-0.2, -0.15) is 13.2 Å². The average Bonchev–Trinajstić information content (AvgIpc) is 2.67. The van der Waals surface area contributed by atoms with Gasteiger partial charge in [-0.25, -0.2) is 0 Å². The predicted molar refractivity (Wildman–Crippen MR) is 77.9 cm³/mol. The van der Waals surface area contributed by atoms with Crippen LogP contribution in [-0.4, -0.2) is 18.1 Å². The molecule has 0 atom stereocenters. The normalized spacial score (nSPS) is 18.4. The number of hydrogen-bond donors (Lipinski definition) is 1. The average molecular weight is 302 g/mol. The molecule has 0 amide bonds. The second-order valence-electron chi connectivity index (χ2n) is 5.93. The molecule has 2 nitrogen and oxygen atoms in total. The van der Waals surface area contributed by atoms with E-state index in [0.717, 1.165) is 31.6 Å². The number of rotatable bonds is 2. The highest BCUT2D eigenvalue weighted by Crippen LogP contribution is 2.37. The first kappa shape index (κ1) is 15.1. The van der Waals surface area contributed by atoms with Crippen molar-refractivity contribution in [1.82, 2.24) is 0 Å². The van der Waals surface area contributed by atoms with Crippen LogP contribution >= 0.6 is 12.2 Å². The smallest absolute Gasteiger partial charge is 0.389 e. The SMILES string of the molecule is CC1(C)CCN(c2ccc(C(F)(F)F)cc2C(N)=S)C1. The van der Waals surface area contributed by atoms with Crippen molar-refractivity contribution in [3.8, 4) is 0 Å². The van der Waals surface area contributed by atoms with Gasteiger partial charge in [-0.1, -0.05) is 26.1 Å². The Morgan fingerprint density at radius 3 is 2.45 bits per heavy atom. The van der Waals surface area contributed by atoms with Crippen LogP contribution in [0.3, 0.4) is 0 Å². The van der Waals surface area contributed by atoms with E-state index in [1.165, 1.54) is 6.07 Å². The van der Waals surface area contributed by atoms with E-state index >= 15 is 0 Å². The van der Waals surface area contributed by atoms with Crippen molar-refractivity contribution in [1.29, 1.82) is 0 Å². The summed E-state index contributed by atoms with van der Waals surface area (Å²) in [5.41, 5.74) is 6.02. The fourth-order valence-electron chi connectivity index (χ4n) is 2.50. The maximum atomic E-state index is 12.8. The van der Waals surface area contributed by atoms with Gasteiger partial charge in [0.05, 0.1) is 5.56 Å². The molecule has 2 N–H and O–H groups in total. The van der Waals surface area contributed by atoms with E-state index in [4.69, 9.17) is 18.0 Å². The highest BCUT2D eigenvalue weighted by molar-refractivity contribution is 7.80. The van der Waals surface area contributed by atoms with E-state index in [1.54, 1.807) is 0 Å². The lowest BCUT2D eigenvalue weighted by Gasteiger charge is -2.24. The molecule has 6 heteroatoms. The quantitative estimate of drug-likeness (QED) is 0.847. The van der Waals surface area contributed by atoms with Crippen LogP contribution in [0.25, 0.3) is 0 Å². The third-order valence-electron chi connectivity index (χ3n) is 3.61. The second kappa shape index (κ2) is 4.91. The molecule has 0 bridgehead atoms. The van der Waals surface area contributed by atoms with E-state index in [1.807, 2.05) is 0 Å². The Balaban J connectivity index is 2.42. The molecule has 110 valence electrons. The summed E-state index contributed by atoms with van der Waals surface area (Å²) in [7, 11) is 0. The maximum Gasteiger partial charge on any atom is 0.416 e. The Labute approximate surface area is 121 Å². The van der Waals surface area contributed by atoms with E-state index < -0.39 is 11.7 Å². The molecule has 1 aliphatic heterocycles. The van der Waals surface area contributed by atoms with E-state index in [9.17, 15) is 13.2 Å². The van der Waals surface area contributed by atoms with Gasteiger partial charge in [0.1, 0.15) is 4.99 Å². The zero-order valence-electron chi connectivity index (χ0n) is 11.4. The van der Waals surface area contributed by atoms with Gasteiger partial charge in [-0.3, -0.25) is 0 Å². The first-order valence-corrected chi connectivity index (χ1v) is 6.77. The van der Waals surface area contributed by atoms with E-state index in [-0.39, 0.29) is 10.4 Å². The zero-order valence-corrected chi connectivity index (χ0v) is 12.2. The Kier molecular flexibility index (Phi) is 3.71. The van der Waals surface area contributed by atoms with Gasteiger partial charge in [0, 0.05) is 24.3 Å². The molecule has 0 aromatic heterocycles. The molecule has 0 unspecified atom stereocenters. The number of nitrogens with two attached hydrogens (primary N) is 1. The van der Waals surface area contributed by atoms with E-state index in [2.05, 4.69) is 18.7 Å². The van der Waals surface area contributed by atoms with Crippen LogP contribution in [0.2, 0.25) is 0 Å². The van der Waals surface area contributed by atoms with Crippen LogP contribution < -0.4 is 10.6 Å². The molecule has 1 aromatic carbocycles. The molecular weight excluding hydrogens is 285 g/mol. The molecule has 0 spiro atoms. The van der Waals surface area contributed by atoms with Crippen LogP contribution in [0, 0.1) is 5.41 Å².